The highest BCUT2D eigenvalue weighted by atomic mass is 32.2. The van der Waals surface area contributed by atoms with Gasteiger partial charge in [-0.25, -0.2) is 4.79 Å². The number of nitrogens with one attached hydrogen (secondary N) is 1. The molecule has 0 saturated carbocycles. The van der Waals surface area contributed by atoms with Crippen molar-refractivity contribution < 1.29 is 9.53 Å². The number of ether oxygens (including phenoxy) is 1. The summed E-state index contributed by atoms with van der Waals surface area (Å²) in [7, 11) is 0. The third kappa shape index (κ3) is 3.70. The number of carbonyl (C=O) groups is 1. The molecule has 5 heteroatoms. The molecule has 0 aliphatic heterocycles. The van der Waals surface area contributed by atoms with Crippen LogP contribution in [0.2, 0.25) is 0 Å². The number of carbonyl (C=O) groups excluding carboxylic acids is 1. The van der Waals surface area contributed by atoms with Gasteiger partial charge in [0.05, 0.1) is 23.5 Å². The third-order valence-corrected chi connectivity index (χ3v) is 3.71. The fourth-order valence-electron chi connectivity index (χ4n) is 1.94. The van der Waals surface area contributed by atoms with Crippen molar-refractivity contribution >= 4 is 34.8 Å². The molecule has 0 saturated heterocycles. The maximum Gasteiger partial charge on any atom is 0.340 e. The molecule has 110 valence electrons. The van der Waals surface area contributed by atoms with E-state index in [0.717, 1.165) is 10.6 Å². The first kappa shape index (κ1) is 15.3. The second-order valence-electron chi connectivity index (χ2n) is 4.35. The predicted molar refractivity (Wildman–Crippen MR) is 88.3 cm³/mol. The molecule has 2 aromatic rings. The summed E-state index contributed by atoms with van der Waals surface area (Å²) in [6, 6.07) is 13.1. The number of para-hydroxylation sites is 1. The first-order chi connectivity index (χ1) is 10.2. The Morgan fingerprint density at radius 3 is 2.71 bits per heavy atom. The van der Waals surface area contributed by atoms with Crippen LogP contribution in [-0.4, -0.2) is 18.8 Å². The first-order valence-corrected chi connectivity index (χ1v) is 7.85. The van der Waals surface area contributed by atoms with Crippen LogP contribution in [0.3, 0.4) is 0 Å². The lowest BCUT2D eigenvalue weighted by Crippen LogP contribution is -2.09. The van der Waals surface area contributed by atoms with Gasteiger partial charge in [-0.15, -0.1) is 11.8 Å². The summed E-state index contributed by atoms with van der Waals surface area (Å²) < 4.78 is 5.08. The SMILES string of the molecule is CCOC(=O)c1cc(N)ccc1Nc1ccccc1SC. The minimum absolute atomic E-state index is 0.328. The number of anilines is 3. The molecule has 2 aromatic carbocycles. The molecule has 0 aliphatic rings. The van der Waals surface area contributed by atoms with E-state index in [9.17, 15) is 4.79 Å². The second kappa shape index (κ2) is 7.04. The van der Waals surface area contributed by atoms with Gasteiger partial charge in [0.2, 0.25) is 0 Å². The largest absolute Gasteiger partial charge is 0.462 e. The van der Waals surface area contributed by atoms with Crippen LogP contribution in [0.25, 0.3) is 0 Å². The van der Waals surface area contributed by atoms with E-state index in [4.69, 9.17) is 10.5 Å². The number of thioether (sulfide) groups is 1. The van der Waals surface area contributed by atoms with E-state index in [0.29, 0.717) is 23.5 Å². The molecule has 0 fully saturated rings. The molecule has 0 heterocycles. The zero-order valence-electron chi connectivity index (χ0n) is 12.1. The van der Waals surface area contributed by atoms with Gasteiger partial charge in [-0.2, -0.15) is 0 Å². The smallest absolute Gasteiger partial charge is 0.340 e. The molecule has 0 aromatic heterocycles. The van der Waals surface area contributed by atoms with E-state index in [2.05, 4.69) is 5.32 Å². The summed E-state index contributed by atoms with van der Waals surface area (Å²) in [6.07, 6.45) is 2.01. The maximum atomic E-state index is 12.0. The number of hydrogen-bond donors (Lipinski definition) is 2. The van der Waals surface area contributed by atoms with Crippen LogP contribution in [0.4, 0.5) is 17.1 Å². The Labute approximate surface area is 128 Å². The standard InChI is InChI=1S/C16H18N2O2S/c1-3-20-16(19)12-10-11(17)8-9-13(12)18-14-6-4-5-7-15(14)21-2/h4-10,18H,3,17H2,1-2H3. The lowest BCUT2D eigenvalue weighted by Gasteiger charge is -2.14. The number of esters is 1. The molecule has 0 amide bonds. The quantitative estimate of drug-likeness (QED) is 0.498. The van der Waals surface area contributed by atoms with Gasteiger partial charge in [0.25, 0.3) is 0 Å². The highest BCUT2D eigenvalue weighted by molar-refractivity contribution is 7.98. The Balaban J connectivity index is 2.37. The monoisotopic (exact) mass is 302 g/mol. The van der Waals surface area contributed by atoms with Gasteiger partial charge in [-0.05, 0) is 43.5 Å². The molecule has 0 bridgehead atoms. The highest BCUT2D eigenvalue weighted by Gasteiger charge is 2.14. The average molecular weight is 302 g/mol. The Morgan fingerprint density at radius 1 is 1.24 bits per heavy atom. The normalized spacial score (nSPS) is 10.2. The van der Waals surface area contributed by atoms with Crippen molar-refractivity contribution in [3.05, 3.63) is 48.0 Å². The van der Waals surface area contributed by atoms with Crippen molar-refractivity contribution in [3.63, 3.8) is 0 Å². The minimum Gasteiger partial charge on any atom is -0.462 e. The molecule has 0 spiro atoms. The fourth-order valence-corrected chi connectivity index (χ4v) is 2.50. The molecule has 4 nitrogen and oxygen atoms in total. The Kier molecular flexibility index (Phi) is 5.11. The lowest BCUT2D eigenvalue weighted by molar-refractivity contribution is 0.0527. The van der Waals surface area contributed by atoms with E-state index >= 15 is 0 Å². The molecule has 3 N–H and O–H groups in total. The van der Waals surface area contributed by atoms with Crippen LogP contribution in [0.15, 0.2) is 47.4 Å². The number of rotatable bonds is 5. The Bertz CT molecular complexity index is 644. The van der Waals surface area contributed by atoms with Gasteiger partial charge >= 0.3 is 5.97 Å². The minimum atomic E-state index is -0.381. The van der Waals surface area contributed by atoms with Crippen LogP contribution in [0.5, 0.6) is 0 Å². The second-order valence-corrected chi connectivity index (χ2v) is 5.20. The summed E-state index contributed by atoms with van der Waals surface area (Å²) in [5, 5.41) is 3.28. The molecule has 0 unspecified atom stereocenters. The zero-order valence-corrected chi connectivity index (χ0v) is 12.9. The first-order valence-electron chi connectivity index (χ1n) is 6.62. The number of nitrogens with two attached hydrogens (primary N) is 1. The van der Waals surface area contributed by atoms with Gasteiger partial charge in [-0.1, -0.05) is 12.1 Å². The Hall–Kier alpha value is -2.14. The van der Waals surface area contributed by atoms with Crippen molar-refractivity contribution in [2.75, 3.05) is 23.9 Å². The van der Waals surface area contributed by atoms with Crippen LogP contribution in [0.1, 0.15) is 17.3 Å². The third-order valence-electron chi connectivity index (χ3n) is 2.92. The van der Waals surface area contributed by atoms with Crippen molar-refractivity contribution in [3.8, 4) is 0 Å². The van der Waals surface area contributed by atoms with Crippen molar-refractivity contribution in [1.29, 1.82) is 0 Å². The van der Waals surface area contributed by atoms with Gasteiger partial charge in [0.15, 0.2) is 0 Å². The highest BCUT2D eigenvalue weighted by Crippen LogP contribution is 2.30. The number of benzene rings is 2. The summed E-state index contributed by atoms with van der Waals surface area (Å²) in [5.41, 5.74) is 8.37. The summed E-state index contributed by atoms with van der Waals surface area (Å²) >= 11 is 1.64. The van der Waals surface area contributed by atoms with E-state index < -0.39 is 0 Å². The van der Waals surface area contributed by atoms with Gasteiger partial charge < -0.3 is 15.8 Å². The van der Waals surface area contributed by atoms with Crippen LogP contribution >= 0.6 is 11.8 Å². The maximum absolute atomic E-state index is 12.0. The fraction of sp³-hybridized carbons (Fsp3) is 0.188. The molecule has 2 rings (SSSR count). The van der Waals surface area contributed by atoms with Crippen molar-refractivity contribution in [2.45, 2.75) is 11.8 Å². The molecule has 21 heavy (non-hydrogen) atoms. The number of nitrogen functional groups attached to an aromatic ring is 1. The van der Waals surface area contributed by atoms with E-state index in [1.807, 2.05) is 30.5 Å². The van der Waals surface area contributed by atoms with E-state index in [-0.39, 0.29) is 5.97 Å². The molecule has 0 aliphatic carbocycles. The van der Waals surface area contributed by atoms with Gasteiger partial charge in [-0.3, -0.25) is 0 Å². The van der Waals surface area contributed by atoms with Crippen molar-refractivity contribution in [1.82, 2.24) is 0 Å². The van der Waals surface area contributed by atoms with Crippen molar-refractivity contribution in [2.24, 2.45) is 0 Å². The summed E-state index contributed by atoms with van der Waals surface area (Å²) in [6.45, 7) is 2.11. The Morgan fingerprint density at radius 2 is 2.00 bits per heavy atom. The molecule has 0 atom stereocenters. The predicted octanol–water partition coefficient (Wildman–Crippen LogP) is 3.91. The van der Waals surface area contributed by atoms with Crippen LogP contribution in [-0.2, 0) is 4.74 Å². The summed E-state index contributed by atoms with van der Waals surface area (Å²) in [5.74, 6) is -0.381. The van der Waals surface area contributed by atoms with Gasteiger partial charge in [0.1, 0.15) is 0 Å². The van der Waals surface area contributed by atoms with E-state index in [1.165, 1.54) is 0 Å². The summed E-state index contributed by atoms with van der Waals surface area (Å²) in [4.78, 5) is 13.1. The molecular weight excluding hydrogens is 284 g/mol. The topological polar surface area (TPSA) is 64.3 Å². The van der Waals surface area contributed by atoms with E-state index in [1.54, 1.807) is 36.9 Å². The van der Waals surface area contributed by atoms with Gasteiger partial charge in [0, 0.05) is 10.6 Å². The molecular formula is C16H18N2O2S. The molecule has 0 radical (unpaired) electrons. The zero-order chi connectivity index (χ0) is 15.2. The number of hydrogen-bond acceptors (Lipinski definition) is 5. The lowest BCUT2D eigenvalue weighted by atomic mass is 10.1. The average Bonchev–Trinajstić information content (AvgIpc) is 2.49. The van der Waals surface area contributed by atoms with Crippen LogP contribution < -0.4 is 11.1 Å². The van der Waals surface area contributed by atoms with Crippen LogP contribution in [0, 0.1) is 0 Å².